The molecule has 0 aliphatic heterocycles. The molecular weight excluding hydrogens is 343 g/mol. The summed E-state index contributed by atoms with van der Waals surface area (Å²) in [6.07, 6.45) is 3.22. The third-order valence-corrected chi connectivity index (χ3v) is 5.16. The van der Waals surface area contributed by atoms with Crippen molar-refractivity contribution in [2.75, 3.05) is 13.1 Å². The van der Waals surface area contributed by atoms with Crippen molar-refractivity contribution < 1.29 is 4.79 Å². The lowest BCUT2D eigenvalue weighted by Crippen LogP contribution is -2.25. The highest BCUT2D eigenvalue weighted by Crippen LogP contribution is 2.38. The van der Waals surface area contributed by atoms with Gasteiger partial charge in [0.25, 0.3) is 0 Å². The molecule has 3 rings (SSSR count). The summed E-state index contributed by atoms with van der Waals surface area (Å²) in [4.78, 5) is 12.5. The van der Waals surface area contributed by atoms with E-state index in [2.05, 4.69) is 16.8 Å². The second-order valence-electron chi connectivity index (χ2n) is 6.47. The monoisotopic (exact) mass is 364 g/mol. The van der Waals surface area contributed by atoms with E-state index in [-0.39, 0.29) is 5.78 Å². The molecule has 1 aliphatic rings. The Balaban J connectivity index is 1.53. The largest absolute Gasteiger partial charge is 0.345 e. The van der Waals surface area contributed by atoms with Crippen LogP contribution < -0.4 is 5.32 Å². The number of halogens is 2. The van der Waals surface area contributed by atoms with Gasteiger partial charge in [0, 0.05) is 33.0 Å². The molecule has 0 bridgehead atoms. The minimum atomic E-state index is 0.150. The second kappa shape index (κ2) is 7.30. The zero-order valence-electron chi connectivity index (χ0n) is 14.0. The molecule has 1 heterocycles. The zero-order valence-corrected chi connectivity index (χ0v) is 15.5. The van der Waals surface area contributed by atoms with Crippen LogP contribution in [0.1, 0.15) is 46.2 Å². The molecule has 0 spiro atoms. The Morgan fingerprint density at radius 3 is 2.67 bits per heavy atom. The van der Waals surface area contributed by atoms with E-state index < -0.39 is 0 Å². The Labute approximate surface area is 153 Å². The predicted molar refractivity (Wildman–Crippen MR) is 99.5 cm³/mol. The van der Waals surface area contributed by atoms with Crippen molar-refractivity contribution in [2.24, 2.45) is 0 Å². The van der Waals surface area contributed by atoms with Gasteiger partial charge in [0.15, 0.2) is 5.78 Å². The molecule has 3 nitrogen and oxygen atoms in total. The molecular formula is C19H22Cl2N2O. The maximum absolute atomic E-state index is 12.5. The van der Waals surface area contributed by atoms with Gasteiger partial charge in [-0.2, -0.15) is 0 Å². The van der Waals surface area contributed by atoms with Crippen LogP contribution >= 0.6 is 23.2 Å². The third-order valence-electron chi connectivity index (χ3n) is 4.57. The van der Waals surface area contributed by atoms with Crippen LogP contribution in [-0.2, 0) is 6.42 Å². The summed E-state index contributed by atoms with van der Waals surface area (Å²) in [7, 11) is 0. The molecule has 0 radical (unpaired) electrons. The zero-order chi connectivity index (χ0) is 17.3. The lowest BCUT2D eigenvalue weighted by Gasteiger charge is -2.08. The first-order valence-electron chi connectivity index (χ1n) is 8.33. The number of rotatable bonds is 7. The number of aryl methyl sites for hydroxylation is 1. The molecule has 1 N–H and O–H groups in total. The Morgan fingerprint density at radius 1 is 1.25 bits per heavy atom. The van der Waals surface area contributed by atoms with Crippen molar-refractivity contribution >= 4 is 29.0 Å². The lowest BCUT2D eigenvalue weighted by atomic mass is 10.1. The first kappa shape index (κ1) is 17.5. The number of hydrogen-bond donors (Lipinski definition) is 1. The molecule has 0 saturated heterocycles. The number of nitrogens with zero attached hydrogens (tertiary/aromatic N) is 1. The number of Topliss-reactive ketones (excluding diaryl/α,β-unsaturated/α-hetero) is 1. The van der Waals surface area contributed by atoms with E-state index in [9.17, 15) is 4.79 Å². The van der Waals surface area contributed by atoms with E-state index in [0.29, 0.717) is 29.2 Å². The number of nitrogens with one attached hydrogen (secondary N) is 1. The molecule has 0 unspecified atom stereocenters. The summed E-state index contributed by atoms with van der Waals surface area (Å²) in [6.45, 7) is 5.18. The van der Waals surface area contributed by atoms with Crippen molar-refractivity contribution in [3.8, 4) is 0 Å². The average molecular weight is 365 g/mol. The molecule has 24 heavy (non-hydrogen) atoms. The summed E-state index contributed by atoms with van der Waals surface area (Å²) in [6, 6.07) is 8.13. The number of ketones is 1. The van der Waals surface area contributed by atoms with Gasteiger partial charge >= 0.3 is 0 Å². The van der Waals surface area contributed by atoms with E-state index in [1.165, 1.54) is 18.5 Å². The molecule has 1 aromatic carbocycles. The van der Waals surface area contributed by atoms with Crippen molar-refractivity contribution in [1.82, 2.24) is 9.88 Å². The Kier molecular flexibility index (Phi) is 5.33. The molecule has 2 aromatic rings. The maximum atomic E-state index is 12.5. The van der Waals surface area contributed by atoms with Gasteiger partial charge in [-0.1, -0.05) is 29.3 Å². The van der Waals surface area contributed by atoms with Gasteiger partial charge in [-0.15, -0.1) is 0 Å². The molecule has 0 amide bonds. The first-order valence-corrected chi connectivity index (χ1v) is 9.09. The fourth-order valence-electron chi connectivity index (χ4n) is 3.20. The molecule has 0 atom stereocenters. The average Bonchev–Trinajstić information content (AvgIpc) is 3.31. The van der Waals surface area contributed by atoms with Gasteiger partial charge in [0.2, 0.25) is 0 Å². The minimum absolute atomic E-state index is 0.150. The van der Waals surface area contributed by atoms with Crippen LogP contribution in [0.2, 0.25) is 10.0 Å². The van der Waals surface area contributed by atoms with Crippen molar-refractivity contribution in [2.45, 2.75) is 39.2 Å². The lowest BCUT2D eigenvalue weighted by molar-refractivity contribution is 0.0990. The Hall–Kier alpha value is -1.29. The van der Waals surface area contributed by atoms with Crippen molar-refractivity contribution in [1.29, 1.82) is 0 Å². The smallest absolute Gasteiger partial charge is 0.178 e. The van der Waals surface area contributed by atoms with Crippen molar-refractivity contribution in [3.05, 3.63) is 56.8 Å². The number of aromatic nitrogens is 1. The van der Waals surface area contributed by atoms with Gasteiger partial charge < -0.3 is 9.88 Å². The minimum Gasteiger partial charge on any atom is -0.345 e. The molecule has 1 aliphatic carbocycles. The normalized spacial score (nSPS) is 14.2. The van der Waals surface area contributed by atoms with E-state index >= 15 is 0 Å². The quantitative estimate of drug-likeness (QED) is 0.567. The molecule has 1 aromatic heterocycles. The number of carbonyl (C=O) groups excluding carboxylic acids is 1. The maximum Gasteiger partial charge on any atom is 0.178 e. The predicted octanol–water partition coefficient (Wildman–Crippen LogP) is 4.76. The highest BCUT2D eigenvalue weighted by molar-refractivity contribution is 6.35. The molecule has 1 saturated carbocycles. The first-order chi connectivity index (χ1) is 11.5. The number of hydrogen-bond acceptors (Lipinski definition) is 2. The van der Waals surface area contributed by atoms with Crippen LogP contribution in [0, 0.1) is 13.8 Å². The van der Waals surface area contributed by atoms with Crippen LogP contribution in [0.5, 0.6) is 0 Å². The summed E-state index contributed by atoms with van der Waals surface area (Å²) < 4.78 is 2.31. The van der Waals surface area contributed by atoms with Gasteiger partial charge in [0.1, 0.15) is 0 Å². The Bertz CT molecular complexity index is 763. The van der Waals surface area contributed by atoms with E-state index in [1.807, 2.05) is 25.1 Å². The fraction of sp³-hybridized carbons (Fsp3) is 0.421. The van der Waals surface area contributed by atoms with Crippen LogP contribution in [-0.4, -0.2) is 23.4 Å². The van der Waals surface area contributed by atoms with E-state index in [1.54, 1.807) is 6.07 Å². The van der Waals surface area contributed by atoms with E-state index in [0.717, 1.165) is 23.2 Å². The highest BCUT2D eigenvalue weighted by atomic mass is 35.5. The standard InChI is InChI=1S/C19H22Cl2N2O/c1-12-9-17(13(2)23(12)16-5-6-16)19(24)11-22-8-7-14-3-4-15(20)10-18(14)21/h3-4,9-10,16,22H,5-8,11H2,1-2H3. The number of benzene rings is 1. The Morgan fingerprint density at radius 2 is 2.00 bits per heavy atom. The summed E-state index contributed by atoms with van der Waals surface area (Å²) in [5.41, 5.74) is 4.16. The second-order valence-corrected chi connectivity index (χ2v) is 7.32. The third kappa shape index (κ3) is 3.85. The van der Waals surface area contributed by atoms with Gasteiger partial charge in [-0.05, 0) is 63.4 Å². The molecule has 1 fully saturated rings. The van der Waals surface area contributed by atoms with Crippen LogP contribution in [0.3, 0.4) is 0 Å². The fourth-order valence-corrected chi connectivity index (χ4v) is 3.70. The van der Waals surface area contributed by atoms with Gasteiger partial charge in [0.05, 0.1) is 6.54 Å². The van der Waals surface area contributed by atoms with Crippen molar-refractivity contribution in [3.63, 3.8) is 0 Å². The SMILES string of the molecule is Cc1cc(C(=O)CNCCc2ccc(Cl)cc2Cl)c(C)n1C1CC1. The summed E-state index contributed by atoms with van der Waals surface area (Å²) in [5.74, 6) is 0.150. The number of carbonyl (C=O) groups is 1. The summed E-state index contributed by atoms with van der Waals surface area (Å²) in [5, 5.41) is 4.53. The molecule has 5 heteroatoms. The highest BCUT2D eigenvalue weighted by Gasteiger charge is 2.28. The van der Waals surface area contributed by atoms with Gasteiger partial charge in [-0.25, -0.2) is 0 Å². The topological polar surface area (TPSA) is 34.0 Å². The van der Waals surface area contributed by atoms with Crippen LogP contribution in [0.25, 0.3) is 0 Å². The summed E-state index contributed by atoms with van der Waals surface area (Å²) >= 11 is 12.1. The molecule has 128 valence electrons. The van der Waals surface area contributed by atoms with Crippen LogP contribution in [0.4, 0.5) is 0 Å². The van der Waals surface area contributed by atoms with Gasteiger partial charge in [-0.3, -0.25) is 4.79 Å². The van der Waals surface area contributed by atoms with Crippen LogP contribution in [0.15, 0.2) is 24.3 Å². The van der Waals surface area contributed by atoms with E-state index in [4.69, 9.17) is 23.2 Å².